The Balaban J connectivity index is 2.10. The van der Waals surface area contributed by atoms with Gasteiger partial charge in [-0.25, -0.2) is 5.43 Å². The average molecular weight is 456 g/mol. The first-order valence-electron chi connectivity index (χ1n) is 9.82. The van der Waals surface area contributed by atoms with Gasteiger partial charge in [-0.1, -0.05) is 11.6 Å². The van der Waals surface area contributed by atoms with Crippen LogP contribution < -0.4 is 20.9 Å². The Labute approximate surface area is 183 Å². The maximum Gasteiger partial charge on any atom is 0.408 e. The first-order chi connectivity index (χ1) is 15.0. The molecule has 3 N–H and O–H groups in total. The molecule has 1 fully saturated rings. The third kappa shape index (κ3) is 6.47. The van der Waals surface area contributed by atoms with Crippen molar-refractivity contribution in [2.45, 2.75) is 51.4 Å². The minimum atomic E-state index is -4.34. The van der Waals surface area contributed by atoms with Crippen molar-refractivity contribution in [2.75, 3.05) is 7.05 Å². The fraction of sp³-hybridized carbons (Fsp3) is 0.409. The Morgan fingerprint density at radius 1 is 1.31 bits per heavy atom. The highest BCUT2D eigenvalue weighted by Crippen LogP contribution is 2.48. The third-order valence-corrected chi connectivity index (χ3v) is 4.99. The fourth-order valence-electron chi connectivity index (χ4n) is 3.02. The highest BCUT2D eigenvalue weighted by molar-refractivity contribution is 5.81. The summed E-state index contributed by atoms with van der Waals surface area (Å²) in [4.78, 5) is 0. The number of alkyl halides is 5. The Bertz CT molecular complexity index is 941. The molecule has 1 aliphatic rings. The summed E-state index contributed by atoms with van der Waals surface area (Å²) in [5, 5.41) is 12.4. The summed E-state index contributed by atoms with van der Waals surface area (Å²) in [7, 11) is 1.62. The van der Waals surface area contributed by atoms with E-state index < -0.39 is 18.3 Å². The molecule has 10 heteroatoms. The molecule has 2 rings (SSSR count). The van der Waals surface area contributed by atoms with Crippen LogP contribution in [0.5, 0.6) is 5.75 Å². The zero-order valence-electron chi connectivity index (χ0n) is 17.9. The zero-order chi connectivity index (χ0) is 23.9. The molecular weight excluding hydrogens is 431 g/mol. The van der Waals surface area contributed by atoms with Gasteiger partial charge in [-0.05, 0) is 68.5 Å². The summed E-state index contributed by atoms with van der Waals surface area (Å²) in [5.41, 5.74) is 5.72. The number of hydrogen-bond acceptors (Lipinski definition) is 5. The largest absolute Gasteiger partial charge is 0.435 e. The predicted molar refractivity (Wildman–Crippen MR) is 111 cm³/mol. The lowest BCUT2D eigenvalue weighted by Crippen LogP contribution is -2.51. The smallest absolute Gasteiger partial charge is 0.408 e. The van der Waals surface area contributed by atoms with Crippen LogP contribution in [0.25, 0.3) is 5.57 Å². The standard InChI is InChI=1S/C22H25F5N4O/c1-14(19(12-28)18-8-7-17(11-15(18)2)32-20(23)24)5-4-6-16(13-29-3)30-31-21(9-10-21)22(25,26)27/h4,6-8,11,13,20,29-31H,5,9-10H2,1-3H3/b6-4-,16-13+,19-14+. The monoisotopic (exact) mass is 456 g/mol. The van der Waals surface area contributed by atoms with Crippen LogP contribution in [0, 0.1) is 18.3 Å². The van der Waals surface area contributed by atoms with E-state index in [0.717, 1.165) is 0 Å². The van der Waals surface area contributed by atoms with Gasteiger partial charge in [-0.15, -0.1) is 0 Å². The van der Waals surface area contributed by atoms with Crippen molar-refractivity contribution < 1.29 is 26.7 Å². The van der Waals surface area contributed by atoms with Crippen molar-refractivity contribution in [3.63, 3.8) is 0 Å². The van der Waals surface area contributed by atoms with E-state index in [1.165, 1.54) is 18.3 Å². The van der Waals surface area contributed by atoms with E-state index in [1.54, 1.807) is 39.1 Å². The lowest BCUT2D eigenvalue weighted by molar-refractivity contribution is -0.167. The SMILES string of the molecule is CN/C=C(\C=C/C/C(C)=C(\C#N)c1ccc(OC(F)F)cc1C)NNC1(C(F)(F)F)CC1. The molecule has 1 aromatic rings. The number of rotatable bonds is 10. The molecule has 0 spiro atoms. The molecule has 1 aliphatic carbocycles. The number of allylic oxidation sites excluding steroid dienone is 4. The predicted octanol–water partition coefficient (Wildman–Crippen LogP) is 5.09. The van der Waals surface area contributed by atoms with Gasteiger partial charge in [-0.2, -0.15) is 27.2 Å². The summed E-state index contributed by atoms with van der Waals surface area (Å²) in [6.07, 6.45) is 0.837. The van der Waals surface area contributed by atoms with Crippen molar-refractivity contribution in [1.82, 2.24) is 16.2 Å². The van der Waals surface area contributed by atoms with Gasteiger partial charge in [-0.3, -0.25) is 0 Å². The Kier molecular flexibility index (Phi) is 8.27. The van der Waals surface area contributed by atoms with E-state index in [4.69, 9.17) is 0 Å². The molecule has 0 bridgehead atoms. The van der Waals surface area contributed by atoms with E-state index in [-0.39, 0.29) is 18.6 Å². The van der Waals surface area contributed by atoms with Crippen molar-refractivity contribution in [3.05, 3.63) is 58.9 Å². The van der Waals surface area contributed by atoms with Crippen LogP contribution in [0.15, 0.2) is 47.8 Å². The van der Waals surface area contributed by atoms with Gasteiger partial charge in [0.1, 0.15) is 11.3 Å². The minimum absolute atomic E-state index is 0.00352. The number of hydrazine groups is 1. The van der Waals surface area contributed by atoms with Crippen LogP contribution in [0.1, 0.15) is 37.3 Å². The van der Waals surface area contributed by atoms with Crippen LogP contribution in [0.3, 0.4) is 0 Å². The summed E-state index contributed by atoms with van der Waals surface area (Å²) in [6, 6.07) is 6.47. The molecule has 0 amide bonds. The number of halogens is 5. The lowest BCUT2D eigenvalue weighted by atomic mass is 9.96. The number of nitriles is 1. The van der Waals surface area contributed by atoms with Crippen molar-refractivity contribution >= 4 is 5.57 Å². The minimum Gasteiger partial charge on any atom is -0.435 e. The molecule has 1 saturated carbocycles. The zero-order valence-corrected chi connectivity index (χ0v) is 17.9. The van der Waals surface area contributed by atoms with E-state index in [1.807, 2.05) is 0 Å². The molecular formula is C22H25F5N4O. The maximum atomic E-state index is 13.1. The van der Waals surface area contributed by atoms with Gasteiger partial charge >= 0.3 is 12.8 Å². The molecule has 174 valence electrons. The normalized spacial score (nSPS) is 16.6. The second-order valence-electron chi connectivity index (χ2n) is 7.45. The molecule has 5 nitrogen and oxygen atoms in total. The van der Waals surface area contributed by atoms with E-state index >= 15 is 0 Å². The third-order valence-electron chi connectivity index (χ3n) is 4.99. The summed E-state index contributed by atoms with van der Waals surface area (Å²) >= 11 is 0. The van der Waals surface area contributed by atoms with Gasteiger partial charge < -0.3 is 15.5 Å². The number of ether oxygens (including phenoxy) is 1. The highest BCUT2D eigenvalue weighted by atomic mass is 19.4. The number of aryl methyl sites for hydroxylation is 1. The van der Waals surface area contributed by atoms with Gasteiger partial charge in [0, 0.05) is 13.2 Å². The van der Waals surface area contributed by atoms with Crippen molar-refractivity contribution in [3.8, 4) is 11.8 Å². The molecule has 0 aromatic heterocycles. The molecule has 0 heterocycles. The second-order valence-corrected chi connectivity index (χ2v) is 7.45. The second kappa shape index (κ2) is 10.5. The van der Waals surface area contributed by atoms with Crippen LogP contribution >= 0.6 is 0 Å². The number of nitrogens with one attached hydrogen (secondary N) is 3. The quantitative estimate of drug-likeness (QED) is 0.198. The Morgan fingerprint density at radius 3 is 2.50 bits per heavy atom. The van der Waals surface area contributed by atoms with Gasteiger partial charge in [0.05, 0.1) is 17.3 Å². The first kappa shape index (κ1) is 25.2. The van der Waals surface area contributed by atoms with Crippen LogP contribution in [0.4, 0.5) is 22.0 Å². The van der Waals surface area contributed by atoms with Crippen LogP contribution in [-0.4, -0.2) is 25.4 Å². The fourth-order valence-corrected chi connectivity index (χ4v) is 3.02. The number of benzene rings is 1. The number of hydrogen-bond donors (Lipinski definition) is 3. The molecule has 0 atom stereocenters. The van der Waals surface area contributed by atoms with Gasteiger partial charge in [0.25, 0.3) is 0 Å². The van der Waals surface area contributed by atoms with E-state index in [9.17, 15) is 27.2 Å². The summed E-state index contributed by atoms with van der Waals surface area (Å²) in [6.45, 7) is 0.500. The molecule has 1 aromatic carbocycles. The summed E-state index contributed by atoms with van der Waals surface area (Å²) < 4.78 is 68.3. The van der Waals surface area contributed by atoms with Gasteiger partial charge in [0.2, 0.25) is 0 Å². The highest BCUT2D eigenvalue weighted by Gasteiger charge is 2.63. The molecule has 0 saturated heterocycles. The average Bonchev–Trinajstić information content (AvgIpc) is 3.49. The Morgan fingerprint density at radius 2 is 2.00 bits per heavy atom. The van der Waals surface area contributed by atoms with Crippen LogP contribution in [-0.2, 0) is 0 Å². The summed E-state index contributed by atoms with van der Waals surface area (Å²) in [5.74, 6) is 0.00352. The molecule has 0 radical (unpaired) electrons. The molecule has 0 unspecified atom stereocenters. The molecule has 32 heavy (non-hydrogen) atoms. The molecule has 0 aliphatic heterocycles. The maximum absolute atomic E-state index is 13.1. The van der Waals surface area contributed by atoms with E-state index in [2.05, 4.69) is 27.0 Å². The van der Waals surface area contributed by atoms with E-state index in [0.29, 0.717) is 34.4 Å². The number of nitrogens with zero attached hydrogens (tertiary/aromatic N) is 1. The van der Waals surface area contributed by atoms with Gasteiger partial charge in [0.15, 0.2) is 0 Å². The van der Waals surface area contributed by atoms with Crippen molar-refractivity contribution in [2.24, 2.45) is 0 Å². The lowest BCUT2D eigenvalue weighted by Gasteiger charge is -2.22. The Hall–Kier alpha value is -3.06. The van der Waals surface area contributed by atoms with Crippen molar-refractivity contribution in [1.29, 1.82) is 5.26 Å². The first-order valence-corrected chi connectivity index (χ1v) is 9.82. The van der Waals surface area contributed by atoms with Crippen LogP contribution in [0.2, 0.25) is 0 Å². The topological polar surface area (TPSA) is 69.1 Å².